The summed E-state index contributed by atoms with van der Waals surface area (Å²) in [6.45, 7) is 5.78. The Labute approximate surface area is 198 Å². The van der Waals surface area contributed by atoms with Gasteiger partial charge in [0.25, 0.3) is 0 Å². The smallest absolute Gasteiger partial charge is 0.239 e. The summed E-state index contributed by atoms with van der Waals surface area (Å²) in [5.74, 6) is 0.453. The van der Waals surface area contributed by atoms with Crippen LogP contribution in [0.3, 0.4) is 0 Å². The Morgan fingerprint density at radius 1 is 1.10 bits per heavy atom. The third-order valence-electron chi connectivity index (χ3n) is 4.77. The highest BCUT2D eigenvalue weighted by Crippen LogP contribution is 2.32. The number of aromatic nitrogens is 1. The number of hydrogen-bond acceptors (Lipinski definition) is 5. The predicted octanol–water partition coefficient (Wildman–Crippen LogP) is 6.07. The largest absolute Gasteiger partial charge is 0.309 e. The fraction of sp³-hybridized carbons (Fsp3) is 0.364. The van der Waals surface area contributed by atoms with Crippen molar-refractivity contribution in [1.29, 1.82) is 0 Å². The number of benzene rings is 2. The Morgan fingerprint density at radius 3 is 2.47 bits per heavy atom. The Kier molecular flexibility index (Phi) is 9.44. The molecule has 4 nitrogen and oxygen atoms in total. The van der Waals surface area contributed by atoms with E-state index in [-0.39, 0.29) is 18.3 Å². The van der Waals surface area contributed by atoms with Gasteiger partial charge in [0.1, 0.15) is 0 Å². The van der Waals surface area contributed by atoms with Gasteiger partial charge in [-0.25, -0.2) is 4.98 Å². The zero-order chi connectivity index (χ0) is 21.0. The molecule has 0 saturated heterocycles. The minimum absolute atomic E-state index is 0. The minimum atomic E-state index is 0. The van der Waals surface area contributed by atoms with E-state index in [1.807, 2.05) is 43.3 Å². The average Bonchev–Trinajstić information content (AvgIpc) is 3.12. The first-order valence-electron chi connectivity index (χ1n) is 9.55. The molecule has 1 heterocycles. The van der Waals surface area contributed by atoms with Crippen LogP contribution in [-0.2, 0) is 4.79 Å². The molecule has 1 amide bonds. The number of halogens is 2. The molecule has 0 N–H and O–H groups in total. The average molecular weight is 485 g/mol. The van der Waals surface area contributed by atoms with Crippen LogP contribution in [0.4, 0.5) is 5.13 Å². The van der Waals surface area contributed by atoms with E-state index < -0.39 is 0 Å². The molecule has 3 rings (SSSR count). The maximum Gasteiger partial charge on any atom is 0.239 e. The van der Waals surface area contributed by atoms with Gasteiger partial charge in [0.15, 0.2) is 5.13 Å². The second kappa shape index (κ2) is 11.3. The molecule has 0 bridgehead atoms. The number of anilines is 1. The molecule has 3 aromatic rings. The molecule has 0 unspecified atom stereocenters. The van der Waals surface area contributed by atoms with Crippen LogP contribution in [0.15, 0.2) is 41.3 Å². The molecule has 0 atom stereocenters. The van der Waals surface area contributed by atoms with Gasteiger partial charge in [-0.3, -0.25) is 9.69 Å². The van der Waals surface area contributed by atoms with Gasteiger partial charge in [-0.1, -0.05) is 29.0 Å². The van der Waals surface area contributed by atoms with E-state index in [2.05, 4.69) is 30.9 Å². The van der Waals surface area contributed by atoms with Crippen LogP contribution in [0.1, 0.15) is 17.5 Å². The second-order valence-electron chi connectivity index (χ2n) is 7.30. The molecule has 0 aliphatic heterocycles. The number of amides is 1. The Morgan fingerprint density at radius 2 is 1.80 bits per heavy atom. The summed E-state index contributed by atoms with van der Waals surface area (Å²) in [4.78, 5) is 23.0. The number of nitrogens with zero attached hydrogens (tertiary/aromatic N) is 3. The maximum atomic E-state index is 13.1. The number of carbonyl (C=O) groups is 1. The maximum absolute atomic E-state index is 13.1. The lowest BCUT2D eigenvalue weighted by Gasteiger charge is -2.21. The van der Waals surface area contributed by atoms with Gasteiger partial charge >= 0.3 is 0 Å². The van der Waals surface area contributed by atoms with Crippen molar-refractivity contribution >= 4 is 68.4 Å². The predicted molar refractivity (Wildman–Crippen MR) is 134 cm³/mol. The van der Waals surface area contributed by atoms with Crippen molar-refractivity contribution < 1.29 is 4.79 Å². The zero-order valence-electron chi connectivity index (χ0n) is 17.6. The van der Waals surface area contributed by atoms with Crippen LogP contribution in [0.25, 0.3) is 10.2 Å². The molecule has 0 radical (unpaired) electrons. The van der Waals surface area contributed by atoms with Crippen molar-refractivity contribution in [1.82, 2.24) is 9.88 Å². The minimum Gasteiger partial charge on any atom is -0.309 e. The highest BCUT2D eigenvalue weighted by molar-refractivity contribution is 8.00. The first-order chi connectivity index (χ1) is 13.8. The van der Waals surface area contributed by atoms with Crippen LogP contribution in [0, 0.1) is 13.8 Å². The van der Waals surface area contributed by atoms with Crippen LogP contribution in [0.2, 0.25) is 5.02 Å². The molecular weight excluding hydrogens is 457 g/mol. The third-order valence-corrected chi connectivity index (χ3v) is 7.06. The van der Waals surface area contributed by atoms with Gasteiger partial charge in [0.05, 0.1) is 16.0 Å². The molecule has 0 spiro atoms. The summed E-state index contributed by atoms with van der Waals surface area (Å²) < 4.78 is 1.12. The van der Waals surface area contributed by atoms with Crippen molar-refractivity contribution in [3.05, 3.63) is 52.5 Å². The van der Waals surface area contributed by atoms with Crippen LogP contribution in [0.5, 0.6) is 0 Å². The summed E-state index contributed by atoms with van der Waals surface area (Å²) in [7, 11) is 4.10. The van der Waals surface area contributed by atoms with E-state index in [4.69, 9.17) is 16.6 Å². The lowest BCUT2D eigenvalue weighted by Crippen LogP contribution is -2.34. The van der Waals surface area contributed by atoms with Gasteiger partial charge in [-0.05, 0) is 82.4 Å². The van der Waals surface area contributed by atoms with E-state index in [9.17, 15) is 4.79 Å². The van der Waals surface area contributed by atoms with Gasteiger partial charge < -0.3 is 4.90 Å². The Balaban J connectivity index is 0.00000320. The molecule has 0 aliphatic rings. The van der Waals surface area contributed by atoms with E-state index in [0.29, 0.717) is 17.3 Å². The summed E-state index contributed by atoms with van der Waals surface area (Å²) >= 11 is 9.08. The molecule has 0 aliphatic carbocycles. The van der Waals surface area contributed by atoms with E-state index in [1.54, 1.807) is 11.3 Å². The highest BCUT2D eigenvalue weighted by atomic mass is 35.5. The first-order valence-corrected chi connectivity index (χ1v) is 11.7. The first kappa shape index (κ1) is 25.0. The fourth-order valence-electron chi connectivity index (χ4n) is 2.96. The van der Waals surface area contributed by atoms with Crippen molar-refractivity contribution in [2.24, 2.45) is 0 Å². The summed E-state index contributed by atoms with van der Waals surface area (Å²) in [6, 6.07) is 11.8. The standard InChI is InChI=1S/C22H26ClN3OS2.ClH/c1-15-6-11-19-21(16(15)2)24-22(29-19)26(13-5-12-25(3)4)20(27)14-28-18-9-7-17(23)8-10-18;/h6-11H,5,12-14H2,1-4H3;1H. The molecule has 0 fully saturated rings. The number of carbonyl (C=O) groups excluding carboxylic acids is 1. The lowest BCUT2D eigenvalue weighted by molar-refractivity contribution is -0.116. The number of thioether (sulfide) groups is 1. The fourth-order valence-corrected chi connectivity index (χ4v) is 4.92. The number of aryl methyl sites for hydroxylation is 2. The normalized spacial score (nSPS) is 11.0. The molecule has 8 heteroatoms. The quantitative estimate of drug-likeness (QED) is 0.364. The van der Waals surface area contributed by atoms with Crippen LogP contribution in [-0.4, -0.2) is 48.7 Å². The topological polar surface area (TPSA) is 36.4 Å². The van der Waals surface area contributed by atoms with Gasteiger partial charge in [-0.15, -0.1) is 24.2 Å². The zero-order valence-corrected chi connectivity index (χ0v) is 20.9. The number of thiazole rings is 1. The summed E-state index contributed by atoms with van der Waals surface area (Å²) in [5.41, 5.74) is 3.40. The lowest BCUT2D eigenvalue weighted by atomic mass is 10.1. The molecular formula is C22H27Cl2N3OS2. The van der Waals surface area contributed by atoms with Crippen molar-refractivity contribution in [2.75, 3.05) is 37.8 Å². The van der Waals surface area contributed by atoms with E-state index in [1.165, 1.54) is 22.9 Å². The van der Waals surface area contributed by atoms with Crippen molar-refractivity contribution in [2.45, 2.75) is 25.2 Å². The van der Waals surface area contributed by atoms with E-state index >= 15 is 0 Å². The molecule has 162 valence electrons. The van der Waals surface area contributed by atoms with Crippen molar-refractivity contribution in [3.8, 4) is 0 Å². The molecule has 30 heavy (non-hydrogen) atoms. The Bertz CT molecular complexity index is 990. The summed E-state index contributed by atoms with van der Waals surface area (Å²) in [6.07, 6.45) is 0.901. The van der Waals surface area contributed by atoms with Crippen LogP contribution < -0.4 is 4.90 Å². The summed E-state index contributed by atoms with van der Waals surface area (Å²) in [5, 5.41) is 1.49. The van der Waals surface area contributed by atoms with Gasteiger partial charge in [0, 0.05) is 16.5 Å². The molecule has 0 saturated carbocycles. The van der Waals surface area contributed by atoms with Gasteiger partial charge in [0.2, 0.25) is 5.91 Å². The van der Waals surface area contributed by atoms with Crippen molar-refractivity contribution in [3.63, 3.8) is 0 Å². The molecule has 2 aromatic carbocycles. The third kappa shape index (κ3) is 6.34. The number of fused-ring (bicyclic) bond motifs is 1. The SMILES string of the molecule is Cc1ccc2sc(N(CCCN(C)C)C(=O)CSc3ccc(Cl)cc3)nc2c1C.Cl. The van der Waals surface area contributed by atoms with Gasteiger partial charge in [-0.2, -0.15) is 0 Å². The molecule has 1 aromatic heterocycles. The van der Waals surface area contributed by atoms with E-state index in [0.717, 1.165) is 33.2 Å². The number of rotatable bonds is 8. The second-order valence-corrected chi connectivity index (χ2v) is 9.79. The number of hydrogen-bond donors (Lipinski definition) is 0. The highest BCUT2D eigenvalue weighted by Gasteiger charge is 2.20. The Hall–Kier alpha value is -1.31. The van der Waals surface area contributed by atoms with Crippen LogP contribution >= 0.6 is 47.1 Å². The monoisotopic (exact) mass is 483 g/mol.